The van der Waals surface area contributed by atoms with Gasteiger partial charge in [-0.3, -0.25) is 24.0 Å². The van der Waals surface area contributed by atoms with Crippen LogP contribution in [-0.2, 0) is 22.7 Å². The smallest absolute Gasteiger partial charge is 0.248 e. The van der Waals surface area contributed by atoms with E-state index in [-0.39, 0.29) is 53.7 Å². The first-order valence-corrected chi connectivity index (χ1v) is 14.3. The molecule has 0 aromatic carbocycles. The Kier molecular flexibility index (Phi) is 6.89. The Bertz CT molecular complexity index is 1770. The molecule has 4 aromatic heterocycles. The summed E-state index contributed by atoms with van der Waals surface area (Å²) in [5.41, 5.74) is 3.03. The number of Topliss-reactive ketones (excluding diaryl/α,β-unsaturated/α-hetero) is 1. The zero-order valence-corrected chi connectivity index (χ0v) is 25.1. The molecule has 0 unspecified atom stereocenters. The first-order valence-electron chi connectivity index (χ1n) is 13.6. The summed E-state index contributed by atoms with van der Waals surface area (Å²) in [7, 11) is 0. The van der Waals surface area contributed by atoms with Crippen molar-refractivity contribution in [2.45, 2.75) is 65.8 Å². The van der Waals surface area contributed by atoms with Gasteiger partial charge in [0.15, 0.2) is 5.78 Å². The molecule has 1 saturated carbocycles. The number of nitrogens with zero attached hydrogens (tertiary/aromatic N) is 7. The third kappa shape index (κ3) is 4.86. The van der Waals surface area contributed by atoms with Crippen molar-refractivity contribution in [1.82, 2.24) is 34.6 Å². The van der Waals surface area contributed by atoms with E-state index in [1.165, 1.54) is 11.6 Å². The highest BCUT2D eigenvalue weighted by Crippen LogP contribution is 2.59. The van der Waals surface area contributed by atoms with Crippen molar-refractivity contribution in [2.75, 3.05) is 5.32 Å². The minimum Gasteiger partial charge on any atom is -0.392 e. The van der Waals surface area contributed by atoms with Gasteiger partial charge < -0.3 is 15.3 Å². The lowest BCUT2D eigenvalue weighted by molar-refractivity contribution is -0.138. The fourth-order valence-corrected chi connectivity index (χ4v) is 6.22. The summed E-state index contributed by atoms with van der Waals surface area (Å²) in [6.07, 6.45) is 4.67. The number of carbonyl (C=O) groups excluding carboxylic acids is 3. The largest absolute Gasteiger partial charge is 0.392 e. The predicted molar refractivity (Wildman–Crippen MR) is 156 cm³/mol. The van der Waals surface area contributed by atoms with Crippen molar-refractivity contribution in [3.05, 3.63) is 58.0 Å². The Labute approximate surface area is 249 Å². The van der Waals surface area contributed by atoms with Crippen LogP contribution in [0.25, 0.3) is 22.2 Å². The number of ketones is 1. The number of aliphatic hydroxyl groups is 1. The number of pyridine rings is 2. The Morgan fingerprint density at radius 3 is 2.57 bits per heavy atom. The maximum absolute atomic E-state index is 13.9. The average Bonchev–Trinajstić information content (AvgIpc) is 3.29. The number of aryl methyl sites for hydroxylation is 2. The fourth-order valence-electron chi connectivity index (χ4n) is 5.91. The molecule has 2 fully saturated rings. The van der Waals surface area contributed by atoms with Gasteiger partial charge >= 0.3 is 0 Å². The Balaban J connectivity index is 1.31. The number of hydrogen-bond acceptors (Lipinski definition) is 9. The highest BCUT2D eigenvalue weighted by molar-refractivity contribution is 9.10. The molecular weight excluding hydrogens is 604 g/mol. The van der Waals surface area contributed by atoms with E-state index in [1.807, 2.05) is 0 Å². The number of anilines is 1. The van der Waals surface area contributed by atoms with Gasteiger partial charge in [-0.15, -0.1) is 0 Å². The van der Waals surface area contributed by atoms with Crippen molar-refractivity contribution in [1.29, 1.82) is 0 Å². The molecule has 1 saturated heterocycles. The summed E-state index contributed by atoms with van der Waals surface area (Å²) < 4.78 is 2.02. The maximum Gasteiger partial charge on any atom is 0.248 e. The summed E-state index contributed by atoms with van der Waals surface area (Å²) in [5.74, 6) is -0.00170. The van der Waals surface area contributed by atoms with Crippen molar-refractivity contribution in [3.63, 3.8) is 0 Å². The third-order valence-electron chi connectivity index (χ3n) is 8.18. The number of rotatable bonds is 7. The lowest BCUT2D eigenvalue weighted by Gasteiger charge is -2.27. The van der Waals surface area contributed by atoms with E-state index in [2.05, 4.69) is 48.2 Å². The van der Waals surface area contributed by atoms with Crippen LogP contribution in [0.15, 0.2) is 35.2 Å². The van der Waals surface area contributed by atoms with E-state index in [9.17, 15) is 19.5 Å². The Morgan fingerprint density at radius 2 is 1.88 bits per heavy atom. The Hall–Kier alpha value is -4.10. The van der Waals surface area contributed by atoms with E-state index in [1.54, 1.807) is 49.3 Å². The van der Waals surface area contributed by atoms with Crippen molar-refractivity contribution >= 4 is 50.2 Å². The zero-order valence-electron chi connectivity index (χ0n) is 23.6. The van der Waals surface area contributed by atoms with E-state index >= 15 is 0 Å². The topological polar surface area (TPSA) is 156 Å². The number of hydrogen-bond donors (Lipinski definition) is 2. The lowest BCUT2D eigenvalue weighted by Crippen LogP contribution is -2.47. The minimum absolute atomic E-state index is 0.0741. The zero-order chi connectivity index (χ0) is 29.9. The van der Waals surface area contributed by atoms with Crippen LogP contribution in [0.5, 0.6) is 0 Å². The molecule has 4 aromatic rings. The number of halogens is 1. The standard InChI is InChI=1S/C29H29BrN8O4/c1-14-26-19(7-20(33-14)18-10-31-16(3)32-11-18)25(15(2)40)36-37(26)12-24(41)38-21(8-29(4)9-22(29)38)28(42)35-27-17(13-39)5-6-23(30)34-27/h5-7,10-11,21-22,39H,8-9,12-13H2,1-4H3,(H,34,35,42)/t21-,22+,29-/m0/s1. The second-order valence-corrected chi connectivity index (χ2v) is 12.1. The molecule has 3 atom stereocenters. The van der Waals surface area contributed by atoms with Gasteiger partial charge in [0.2, 0.25) is 11.8 Å². The molecule has 2 N–H and O–H groups in total. The molecule has 12 nitrogen and oxygen atoms in total. The van der Waals surface area contributed by atoms with Gasteiger partial charge in [-0.25, -0.2) is 15.0 Å². The van der Waals surface area contributed by atoms with Gasteiger partial charge in [0, 0.05) is 41.9 Å². The SMILES string of the molecule is CC(=O)c1nn(CC(=O)N2[C@H](C(=O)Nc3nc(Br)ccc3CO)C[C@@]3(C)C[C@@H]23)c2c(C)nc(-c3cnc(C)nc3)cc12. The van der Waals surface area contributed by atoms with Gasteiger partial charge in [0.05, 0.1) is 23.5 Å². The van der Waals surface area contributed by atoms with E-state index in [0.717, 1.165) is 6.42 Å². The molecule has 13 heteroatoms. The number of likely N-dealkylation sites (tertiary alicyclic amines) is 1. The van der Waals surface area contributed by atoms with Crippen molar-refractivity contribution < 1.29 is 19.5 Å². The second-order valence-electron chi connectivity index (χ2n) is 11.3. The molecule has 2 aliphatic rings. The second kappa shape index (κ2) is 10.3. The molecule has 0 spiro atoms. The first-order chi connectivity index (χ1) is 20.0. The van der Waals surface area contributed by atoms with Gasteiger partial charge in [-0.05, 0) is 60.2 Å². The summed E-state index contributed by atoms with van der Waals surface area (Å²) in [6.45, 7) is 6.66. The monoisotopic (exact) mass is 632 g/mol. The molecule has 6 rings (SSSR count). The highest BCUT2D eigenvalue weighted by atomic mass is 79.9. The summed E-state index contributed by atoms with van der Waals surface area (Å²) >= 11 is 3.30. The van der Waals surface area contributed by atoms with Crippen LogP contribution in [0, 0.1) is 19.3 Å². The molecule has 0 radical (unpaired) electrons. The maximum atomic E-state index is 13.9. The minimum atomic E-state index is -0.713. The van der Waals surface area contributed by atoms with Gasteiger partial charge in [-0.2, -0.15) is 5.10 Å². The third-order valence-corrected chi connectivity index (χ3v) is 8.62. The number of carbonyl (C=O) groups is 3. The highest BCUT2D eigenvalue weighted by Gasteiger charge is 2.64. The number of fused-ring (bicyclic) bond motifs is 2. The molecule has 216 valence electrons. The van der Waals surface area contributed by atoms with Gasteiger partial charge in [0.1, 0.15) is 34.5 Å². The van der Waals surface area contributed by atoms with Crippen LogP contribution in [0.4, 0.5) is 5.82 Å². The van der Waals surface area contributed by atoms with E-state index in [4.69, 9.17) is 4.98 Å². The number of piperidine rings is 1. The molecular formula is C29H29BrN8O4. The quantitative estimate of drug-likeness (QED) is 0.230. The van der Waals surface area contributed by atoms with Crippen LogP contribution < -0.4 is 5.32 Å². The number of amides is 2. The van der Waals surface area contributed by atoms with Gasteiger partial charge in [-0.1, -0.05) is 13.0 Å². The Morgan fingerprint density at radius 1 is 1.14 bits per heavy atom. The van der Waals surface area contributed by atoms with E-state index < -0.39 is 6.04 Å². The number of aromatic nitrogens is 6. The fraction of sp³-hybridized carbons (Fsp3) is 0.379. The van der Waals surface area contributed by atoms with Gasteiger partial charge in [0.25, 0.3) is 0 Å². The predicted octanol–water partition coefficient (Wildman–Crippen LogP) is 3.38. The molecule has 1 aliphatic carbocycles. The number of aliphatic hydroxyl groups excluding tert-OH is 1. The molecule has 5 heterocycles. The normalized spacial score (nSPS) is 21.0. The molecule has 1 aliphatic heterocycles. The van der Waals surface area contributed by atoms with Crippen LogP contribution in [0.3, 0.4) is 0 Å². The number of nitrogens with one attached hydrogen (secondary N) is 1. The van der Waals surface area contributed by atoms with E-state index in [0.29, 0.717) is 50.3 Å². The average molecular weight is 634 g/mol. The van der Waals surface area contributed by atoms with Crippen LogP contribution in [-0.4, -0.2) is 69.4 Å². The first kappa shape index (κ1) is 28.0. The molecule has 2 amide bonds. The van der Waals surface area contributed by atoms with Crippen LogP contribution in [0.2, 0.25) is 0 Å². The van der Waals surface area contributed by atoms with Crippen molar-refractivity contribution in [2.24, 2.45) is 5.41 Å². The van der Waals surface area contributed by atoms with Crippen LogP contribution in [0.1, 0.15) is 54.3 Å². The molecule has 0 bridgehead atoms. The summed E-state index contributed by atoms with van der Waals surface area (Å²) in [6, 6.07) is 4.34. The van der Waals surface area contributed by atoms with Crippen LogP contribution >= 0.6 is 15.9 Å². The summed E-state index contributed by atoms with van der Waals surface area (Å²) in [5, 5.41) is 17.6. The summed E-state index contributed by atoms with van der Waals surface area (Å²) in [4.78, 5) is 59.2. The lowest BCUT2D eigenvalue weighted by atomic mass is 10.0. The van der Waals surface area contributed by atoms with Crippen molar-refractivity contribution in [3.8, 4) is 11.3 Å². The molecule has 42 heavy (non-hydrogen) atoms.